The summed E-state index contributed by atoms with van der Waals surface area (Å²) < 4.78 is 25.7. The van der Waals surface area contributed by atoms with Crippen molar-refractivity contribution >= 4 is 34.0 Å². The lowest BCUT2D eigenvalue weighted by Crippen LogP contribution is -2.16. The number of aromatic nitrogens is 2. The van der Waals surface area contributed by atoms with Crippen LogP contribution in [0.1, 0.15) is 22.6 Å². The molecule has 5 nitrogen and oxygen atoms in total. The molecule has 1 amide bonds. The number of imidazole rings is 1. The van der Waals surface area contributed by atoms with Gasteiger partial charge in [-0.1, -0.05) is 30.3 Å². The van der Waals surface area contributed by atoms with Gasteiger partial charge in [0, 0.05) is 18.3 Å². The Hall–Kier alpha value is -3.74. The summed E-state index contributed by atoms with van der Waals surface area (Å²) >= 11 is 0. The minimum Gasteiger partial charge on any atom is -0.343 e. The SMILES string of the molecule is CN(c1ccccc1)c1ccccc1NC(=O)c1ccc2nc(C(F)F)[nH]c2c1. The number of rotatable bonds is 5. The van der Waals surface area contributed by atoms with Gasteiger partial charge in [0.1, 0.15) is 0 Å². The summed E-state index contributed by atoms with van der Waals surface area (Å²) in [6.45, 7) is 0. The monoisotopic (exact) mass is 392 g/mol. The minimum atomic E-state index is -2.69. The largest absolute Gasteiger partial charge is 0.343 e. The summed E-state index contributed by atoms with van der Waals surface area (Å²) in [5.74, 6) is -0.749. The number of benzene rings is 3. The van der Waals surface area contributed by atoms with Gasteiger partial charge in [-0.15, -0.1) is 0 Å². The van der Waals surface area contributed by atoms with Crippen LogP contribution in [0, 0.1) is 0 Å². The lowest BCUT2D eigenvalue weighted by molar-refractivity contribution is 0.102. The van der Waals surface area contributed by atoms with Gasteiger partial charge in [0.05, 0.1) is 22.4 Å². The zero-order valence-corrected chi connectivity index (χ0v) is 15.6. The quantitative estimate of drug-likeness (QED) is 0.470. The van der Waals surface area contributed by atoms with Gasteiger partial charge in [-0.2, -0.15) is 0 Å². The molecule has 146 valence electrons. The number of hydrogen-bond acceptors (Lipinski definition) is 3. The van der Waals surface area contributed by atoms with E-state index in [1.54, 1.807) is 12.1 Å². The molecule has 0 saturated carbocycles. The van der Waals surface area contributed by atoms with Crippen LogP contribution in [0.3, 0.4) is 0 Å². The number of para-hydroxylation sites is 3. The molecular formula is C22H18F2N4O. The fraction of sp³-hybridized carbons (Fsp3) is 0.0909. The maximum atomic E-state index is 12.8. The van der Waals surface area contributed by atoms with E-state index in [-0.39, 0.29) is 5.91 Å². The van der Waals surface area contributed by atoms with Crippen LogP contribution in [0.25, 0.3) is 11.0 Å². The number of carbonyl (C=O) groups excluding carboxylic acids is 1. The third-order valence-corrected chi connectivity index (χ3v) is 4.63. The van der Waals surface area contributed by atoms with Gasteiger partial charge in [-0.05, 0) is 42.5 Å². The number of nitrogens with zero attached hydrogens (tertiary/aromatic N) is 2. The van der Waals surface area contributed by atoms with Gasteiger partial charge in [-0.3, -0.25) is 4.79 Å². The van der Waals surface area contributed by atoms with Crippen LogP contribution >= 0.6 is 0 Å². The molecule has 7 heteroatoms. The van der Waals surface area contributed by atoms with E-state index in [2.05, 4.69) is 15.3 Å². The lowest BCUT2D eigenvalue weighted by Gasteiger charge is -2.22. The maximum Gasteiger partial charge on any atom is 0.295 e. The second kappa shape index (κ2) is 7.71. The average molecular weight is 392 g/mol. The Balaban J connectivity index is 1.61. The number of alkyl halides is 2. The Morgan fingerprint density at radius 2 is 1.76 bits per heavy atom. The predicted octanol–water partition coefficient (Wildman–Crippen LogP) is 5.52. The Kier molecular flexibility index (Phi) is 4.95. The molecule has 0 fully saturated rings. The zero-order chi connectivity index (χ0) is 20.4. The number of fused-ring (bicyclic) bond motifs is 1. The van der Waals surface area contributed by atoms with Gasteiger partial charge >= 0.3 is 0 Å². The molecule has 0 saturated heterocycles. The standard InChI is InChI=1S/C22H18F2N4O/c1-28(15-7-3-2-4-8-15)19-10-6-5-9-17(19)27-22(29)14-11-12-16-18(13-14)26-21(25-16)20(23)24/h2-13,20H,1H3,(H,25,26)(H,27,29). The molecule has 0 aliphatic rings. The number of anilines is 3. The maximum absolute atomic E-state index is 12.8. The molecular weight excluding hydrogens is 374 g/mol. The predicted molar refractivity (Wildman–Crippen MR) is 110 cm³/mol. The highest BCUT2D eigenvalue weighted by atomic mass is 19.3. The summed E-state index contributed by atoms with van der Waals surface area (Å²) in [5, 5.41) is 2.91. The average Bonchev–Trinajstić information content (AvgIpc) is 3.18. The van der Waals surface area contributed by atoms with Crippen LogP contribution in [0.2, 0.25) is 0 Å². The van der Waals surface area contributed by atoms with Crippen LogP contribution in [0.4, 0.5) is 25.8 Å². The number of aromatic amines is 1. The van der Waals surface area contributed by atoms with Crippen molar-refractivity contribution in [3.63, 3.8) is 0 Å². The van der Waals surface area contributed by atoms with Crippen molar-refractivity contribution in [2.75, 3.05) is 17.3 Å². The van der Waals surface area contributed by atoms with Crippen molar-refractivity contribution in [2.45, 2.75) is 6.43 Å². The molecule has 29 heavy (non-hydrogen) atoms. The van der Waals surface area contributed by atoms with Crippen LogP contribution in [-0.4, -0.2) is 22.9 Å². The molecule has 0 aliphatic carbocycles. The van der Waals surface area contributed by atoms with Crippen LogP contribution in [-0.2, 0) is 0 Å². The van der Waals surface area contributed by atoms with Crippen LogP contribution < -0.4 is 10.2 Å². The number of halogens is 2. The third kappa shape index (κ3) is 3.80. The normalized spacial score (nSPS) is 11.0. The number of nitrogens with one attached hydrogen (secondary N) is 2. The summed E-state index contributed by atoms with van der Waals surface area (Å²) in [6.07, 6.45) is -2.69. The molecule has 1 heterocycles. The Morgan fingerprint density at radius 1 is 1.03 bits per heavy atom. The first-order valence-electron chi connectivity index (χ1n) is 9.00. The van der Waals surface area contributed by atoms with Crippen molar-refractivity contribution in [1.82, 2.24) is 9.97 Å². The number of amides is 1. The fourth-order valence-electron chi connectivity index (χ4n) is 3.13. The summed E-state index contributed by atoms with van der Waals surface area (Å²) in [5.41, 5.74) is 3.58. The molecule has 0 bridgehead atoms. The topological polar surface area (TPSA) is 61.0 Å². The summed E-state index contributed by atoms with van der Waals surface area (Å²) in [4.78, 5) is 21.2. The molecule has 0 aliphatic heterocycles. The second-order valence-corrected chi connectivity index (χ2v) is 6.52. The highest BCUT2D eigenvalue weighted by molar-refractivity contribution is 6.07. The van der Waals surface area contributed by atoms with Gasteiger partial charge in [0.15, 0.2) is 5.82 Å². The molecule has 4 aromatic rings. The second-order valence-electron chi connectivity index (χ2n) is 6.52. The molecule has 0 spiro atoms. The van der Waals surface area contributed by atoms with E-state index >= 15 is 0 Å². The Morgan fingerprint density at radius 3 is 2.52 bits per heavy atom. The highest BCUT2D eigenvalue weighted by Gasteiger charge is 2.16. The van der Waals surface area contributed by atoms with Gasteiger partial charge < -0.3 is 15.2 Å². The van der Waals surface area contributed by atoms with Crippen molar-refractivity contribution < 1.29 is 13.6 Å². The van der Waals surface area contributed by atoms with Gasteiger partial charge in [0.2, 0.25) is 0 Å². The lowest BCUT2D eigenvalue weighted by atomic mass is 10.1. The molecule has 1 aromatic heterocycles. The van der Waals surface area contributed by atoms with Gasteiger partial charge in [0.25, 0.3) is 12.3 Å². The number of carbonyl (C=O) groups is 1. The number of H-pyrrole nitrogens is 1. The number of hydrogen-bond donors (Lipinski definition) is 2. The zero-order valence-electron chi connectivity index (χ0n) is 15.6. The van der Waals surface area contributed by atoms with E-state index < -0.39 is 12.2 Å². The molecule has 2 N–H and O–H groups in total. The first-order valence-corrected chi connectivity index (χ1v) is 9.00. The first-order chi connectivity index (χ1) is 14.0. The minimum absolute atomic E-state index is 0.339. The van der Waals surface area contributed by atoms with E-state index in [1.807, 2.05) is 66.5 Å². The summed E-state index contributed by atoms with van der Waals surface area (Å²) in [7, 11) is 1.92. The fourth-order valence-corrected chi connectivity index (χ4v) is 3.13. The van der Waals surface area contributed by atoms with E-state index in [4.69, 9.17) is 0 Å². The molecule has 4 rings (SSSR count). The van der Waals surface area contributed by atoms with E-state index in [1.165, 1.54) is 6.07 Å². The molecule has 0 atom stereocenters. The highest BCUT2D eigenvalue weighted by Crippen LogP contribution is 2.31. The van der Waals surface area contributed by atoms with Crippen molar-refractivity contribution in [3.05, 3.63) is 84.2 Å². The van der Waals surface area contributed by atoms with Crippen molar-refractivity contribution in [3.8, 4) is 0 Å². The van der Waals surface area contributed by atoms with Crippen molar-refractivity contribution in [1.29, 1.82) is 0 Å². The van der Waals surface area contributed by atoms with E-state index in [0.29, 0.717) is 22.3 Å². The smallest absolute Gasteiger partial charge is 0.295 e. The van der Waals surface area contributed by atoms with E-state index in [0.717, 1.165) is 11.4 Å². The molecule has 3 aromatic carbocycles. The van der Waals surface area contributed by atoms with Crippen LogP contribution in [0.5, 0.6) is 0 Å². The van der Waals surface area contributed by atoms with Crippen molar-refractivity contribution in [2.24, 2.45) is 0 Å². The van der Waals surface area contributed by atoms with Gasteiger partial charge in [-0.25, -0.2) is 13.8 Å². The molecule has 0 radical (unpaired) electrons. The van der Waals surface area contributed by atoms with Crippen LogP contribution in [0.15, 0.2) is 72.8 Å². The Labute approximate surface area is 166 Å². The first kappa shape index (κ1) is 18.6. The van der Waals surface area contributed by atoms with E-state index in [9.17, 15) is 13.6 Å². The summed E-state index contributed by atoms with van der Waals surface area (Å²) in [6, 6.07) is 21.9. The third-order valence-electron chi connectivity index (χ3n) is 4.63. The molecule has 0 unspecified atom stereocenters. The Bertz CT molecular complexity index is 1160.